The highest BCUT2D eigenvalue weighted by atomic mass is 16.6. The van der Waals surface area contributed by atoms with Gasteiger partial charge in [-0.15, -0.1) is 5.92 Å². The molecule has 12 heteroatoms. The minimum Gasteiger partial charge on any atom is -0.444 e. The highest BCUT2D eigenvalue weighted by molar-refractivity contribution is 6.01. The van der Waals surface area contributed by atoms with Crippen molar-refractivity contribution < 1.29 is 9.53 Å². The number of benzene rings is 1. The monoisotopic (exact) mass is 558 g/mol. The molecule has 214 valence electrons. The maximum absolute atomic E-state index is 13.9. The molecule has 0 bridgehead atoms. The fourth-order valence-corrected chi connectivity index (χ4v) is 4.83. The fraction of sp³-hybridized carbons (Fsp3) is 0.448. The second-order valence-corrected chi connectivity index (χ2v) is 10.8. The Morgan fingerprint density at radius 2 is 1.95 bits per heavy atom. The Morgan fingerprint density at radius 1 is 1.22 bits per heavy atom. The van der Waals surface area contributed by atoms with E-state index in [2.05, 4.69) is 22.2 Å². The lowest BCUT2D eigenvalue weighted by Gasteiger charge is -2.34. The summed E-state index contributed by atoms with van der Waals surface area (Å²) in [6, 6.07) is 8.75. The van der Waals surface area contributed by atoms with Gasteiger partial charge in [-0.1, -0.05) is 36.3 Å². The lowest BCUT2D eigenvalue weighted by atomic mass is 10.1. The molecule has 4 rings (SSSR count). The molecule has 3 aromatic rings. The van der Waals surface area contributed by atoms with Crippen molar-refractivity contribution in [2.24, 2.45) is 12.0 Å². The maximum atomic E-state index is 13.9. The summed E-state index contributed by atoms with van der Waals surface area (Å²) in [5.74, 6) is 6.36. The van der Waals surface area contributed by atoms with E-state index in [9.17, 15) is 19.6 Å². The molecule has 0 radical (unpaired) electrons. The van der Waals surface area contributed by atoms with Crippen molar-refractivity contribution in [3.63, 3.8) is 0 Å². The predicted octanol–water partition coefficient (Wildman–Crippen LogP) is 2.38. The van der Waals surface area contributed by atoms with Gasteiger partial charge in [-0.25, -0.2) is 9.59 Å². The molecule has 1 atom stereocenters. The van der Waals surface area contributed by atoms with Crippen molar-refractivity contribution in [3.05, 3.63) is 56.7 Å². The number of nitriles is 1. The number of anilines is 1. The van der Waals surface area contributed by atoms with Crippen molar-refractivity contribution in [2.45, 2.75) is 65.3 Å². The van der Waals surface area contributed by atoms with Crippen LogP contribution in [0.15, 0.2) is 44.9 Å². The summed E-state index contributed by atoms with van der Waals surface area (Å²) in [6.45, 7) is 8.20. The molecular formula is C29H34N8O4. The van der Waals surface area contributed by atoms with Crippen molar-refractivity contribution >= 4 is 28.9 Å². The molecule has 1 N–H and O–H groups in total. The van der Waals surface area contributed by atoms with Crippen LogP contribution in [0.4, 0.5) is 10.7 Å². The fourth-order valence-electron chi connectivity index (χ4n) is 4.83. The number of aryl methyl sites for hydroxylation is 1. The molecule has 1 saturated heterocycles. The molecule has 1 aromatic carbocycles. The Morgan fingerprint density at radius 3 is 2.61 bits per heavy atom. The SMILES string of the molecule is CC#CCn1c(N2CCCC(NC(=O)OC(C)(C)C)C2)nc2c1c(=O)n(CC(=NC#N)c1ccccc1)c(=O)n2C. The van der Waals surface area contributed by atoms with Crippen LogP contribution < -0.4 is 21.5 Å². The molecule has 1 unspecified atom stereocenters. The number of hydrogen-bond donors (Lipinski definition) is 1. The normalized spacial score (nSPS) is 15.7. The minimum atomic E-state index is -0.617. The van der Waals surface area contributed by atoms with Crippen LogP contribution in [0.25, 0.3) is 11.2 Å². The molecule has 2 aromatic heterocycles. The van der Waals surface area contributed by atoms with Gasteiger partial charge >= 0.3 is 11.8 Å². The molecule has 1 fully saturated rings. The van der Waals surface area contributed by atoms with Crippen LogP contribution in [0, 0.1) is 23.3 Å². The lowest BCUT2D eigenvalue weighted by molar-refractivity contribution is 0.0499. The maximum Gasteiger partial charge on any atom is 0.407 e. The molecule has 0 spiro atoms. The molecule has 41 heavy (non-hydrogen) atoms. The Balaban J connectivity index is 1.78. The third-order valence-electron chi connectivity index (χ3n) is 6.65. The average Bonchev–Trinajstić information content (AvgIpc) is 3.31. The number of hydrogen-bond acceptors (Lipinski definition) is 8. The molecule has 3 heterocycles. The molecule has 1 aliphatic rings. The molecule has 12 nitrogen and oxygen atoms in total. The van der Waals surface area contributed by atoms with E-state index in [1.54, 1.807) is 49.0 Å². The highest BCUT2D eigenvalue weighted by Gasteiger charge is 2.29. The summed E-state index contributed by atoms with van der Waals surface area (Å²) in [7, 11) is 1.56. The first-order chi connectivity index (χ1) is 19.5. The van der Waals surface area contributed by atoms with Gasteiger partial charge in [-0.3, -0.25) is 18.5 Å². The summed E-state index contributed by atoms with van der Waals surface area (Å²) in [4.78, 5) is 50.4. The number of carbonyl (C=O) groups excluding carboxylic acids is 1. The molecule has 1 aliphatic heterocycles. The molecule has 0 aliphatic carbocycles. The van der Waals surface area contributed by atoms with E-state index >= 15 is 0 Å². The van der Waals surface area contributed by atoms with Gasteiger partial charge in [0.25, 0.3) is 5.56 Å². The second-order valence-electron chi connectivity index (χ2n) is 10.8. The van der Waals surface area contributed by atoms with Crippen LogP contribution in [-0.2, 0) is 24.9 Å². The summed E-state index contributed by atoms with van der Waals surface area (Å²) < 4.78 is 9.53. The Kier molecular flexibility index (Phi) is 8.62. The number of nitrogens with one attached hydrogen (secondary N) is 1. The van der Waals surface area contributed by atoms with Gasteiger partial charge < -0.3 is 15.0 Å². The Labute approximate surface area is 237 Å². The zero-order chi connectivity index (χ0) is 29.7. The van der Waals surface area contributed by atoms with Crippen molar-refractivity contribution in [2.75, 3.05) is 18.0 Å². The highest BCUT2D eigenvalue weighted by Crippen LogP contribution is 2.23. The standard InChI is InChI=1S/C29H34N8O4/c1-6-7-16-36-23-24(33-26(36)35-15-11-14-21(17-35)32-27(39)41-29(2,3)4)34(5)28(40)37(25(23)38)18-22(31-19-30)20-12-9-8-10-13-20/h8-10,12-13,21H,11,14-18H2,1-5H3,(H,32,39). The first-order valence-electron chi connectivity index (χ1n) is 13.4. The van der Waals surface area contributed by atoms with Gasteiger partial charge in [0.15, 0.2) is 11.2 Å². The topological polar surface area (TPSA) is 140 Å². The predicted molar refractivity (Wildman–Crippen MR) is 156 cm³/mol. The van der Waals surface area contributed by atoms with Crippen LogP contribution in [0.3, 0.4) is 0 Å². The molecule has 0 saturated carbocycles. The molecule has 1 amide bonds. The number of aliphatic imine (C=N–C) groups is 1. The number of nitrogens with zero attached hydrogens (tertiary/aromatic N) is 7. The van der Waals surface area contributed by atoms with Crippen molar-refractivity contribution in [1.82, 2.24) is 24.0 Å². The van der Waals surface area contributed by atoms with Crippen molar-refractivity contribution in [1.29, 1.82) is 5.26 Å². The summed E-state index contributed by atoms with van der Waals surface area (Å²) in [5.41, 5.74) is -0.383. The first-order valence-corrected chi connectivity index (χ1v) is 13.4. The zero-order valence-corrected chi connectivity index (χ0v) is 24.0. The van der Waals surface area contributed by atoms with E-state index in [1.807, 2.05) is 31.7 Å². The van der Waals surface area contributed by atoms with Crippen LogP contribution in [0.5, 0.6) is 0 Å². The number of ether oxygens (including phenoxy) is 1. The van der Waals surface area contributed by atoms with E-state index in [1.165, 1.54) is 4.57 Å². The number of amides is 1. The van der Waals surface area contributed by atoms with Crippen LogP contribution >= 0.6 is 0 Å². The minimum absolute atomic E-state index is 0.175. The van der Waals surface area contributed by atoms with Crippen LogP contribution in [0.2, 0.25) is 0 Å². The van der Waals surface area contributed by atoms with Crippen molar-refractivity contribution in [3.8, 4) is 18.0 Å². The smallest absolute Gasteiger partial charge is 0.407 e. The number of aromatic nitrogens is 4. The lowest BCUT2D eigenvalue weighted by Crippen LogP contribution is -2.49. The number of carbonyl (C=O) groups is 1. The van der Waals surface area contributed by atoms with Gasteiger partial charge in [0.2, 0.25) is 12.1 Å². The number of fused-ring (bicyclic) bond motifs is 1. The van der Waals surface area contributed by atoms with E-state index in [0.29, 0.717) is 30.3 Å². The molecular weight excluding hydrogens is 524 g/mol. The summed E-state index contributed by atoms with van der Waals surface area (Å²) >= 11 is 0. The van der Waals surface area contributed by atoms with E-state index in [-0.39, 0.29) is 30.3 Å². The van der Waals surface area contributed by atoms with E-state index in [4.69, 9.17) is 9.72 Å². The summed E-state index contributed by atoms with van der Waals surface area (Å²) in [5, 5.41) is 12.2. The Bertz CT molecular complexity index is 1690. The van der Waals surface area contributed by atoms with Gasteiger partial charge in [-0.2, -0.15) is 15.2 Å². The third kappa shape index (κ3) is 6.49. The van der Waals surface area contributed by atoms with Gasteiger partial charge in [-0.05, 0) is 46.1 Å². The first kappa shape index (κ1) is 29.2. The Hall–Kier alpha value is -4.84. The zero-order valence-electron chi connectivity index (χ0n) is 24.0. The van der Waals surface area contributed by atoms with Crippen LogP contribution in [0.1, 0.15) is 46.1 Å². The number of alkyl carbamates (subject to hydrolysis) is 1. The largest absolute Gasteiger partial charge is 0.444 e. The average molecular weight is 559 g/mol. The van der Waals surface area contributed by atoms with Gasteiger partial charge in [0.1, 0.15) is 5.60 Å². The number of rotatable bonds is 6. The van der Waals surface area contributed by atoms with E-state index < -0.39 is 22.9 Å². The van der Waals surface area contributed by atoms with Gasteiger partial charge in [0.05, 0.1) is 18.8 Å². The third-order valence-corrected chi connectivity index (χ3v) is 6.65. The van der Waals surface area contributed by atoms with Gasteiger partial charge in [0, 0.05) is 26.2 Å². The van der Waals surface area contributed by atoms with Crippen LogP contribution in [-0.4, -0.2) is 55.2 Å². The van der Waals surface area contributed by atoms with E-state index in [0.717, 1.165) is 17.4 Å². The number of piperidine rings is 1. The number of imidazole rings is 1. The summed E-state index contributed by atoms with van der Waals surface area (Å²) in [6.07, 6.45) is 2.82. The second kappa shape index (κ2) is 12.1. The quantitative estimate of drug-likeness (QED) is 0.278.